The van der Waals surface area contributed by atoms with Crippen LogP contribution in [0.3, 0.4) is 0 Å². The second-order valence-corrected chi connectivity index (χ2v) is 7.70. The quantitative estimate of drug-likeness (QED) is 0.756. The Balaban J connectivity index is 1.90. The molecule has 7 heteroatoms. The van der Waals surface area contributed by atoms with E-state index in [0.29, 0.717) is 12.1 Å². The van der Waals surface area contributed by atoms with Gasteiger partial charge in [0.2, 0.25) is 0 Å². The molecule has 3 heterocycles. The molecule has 6 nitrogen and oxygen atoms in total. The summed E-state index contributed by atoms with van der Waals surface area (Å²) in [5.41, 5.74) is 1.12. The third-order valence-electron chi connectivity index (χ3n) is 5.48. The zero-order valence-corrected chi connectivity index (χ0v) is 16.0. The number of carbonyl (C=O) groups excluding carboxylic acids is 1. The van der Waals surface area contributed by atoms with Crippen LogP contribution in [0.15, 0.2) is 41.3 Å². The molecule has 0 saturated carbocycles. The lowest BCUT2D eigenvalue weighted by molar-refractivity contribution is 0.0694. The summed E-state index contributed by atoms with van der Waals surface area (Å²) in [4.78, 5) is 27.4. The van der Waals surface area contributed by atoms with Gasteiger partial charge in [0.25, 0.3) is 11.5 Å². The highest BCUT2D eigenvalue weighted by Crippen LogP contribution is 2.38. The third-order valence-corrected chi connectivity index (χ3v) is 5.48. The summed E-state index contributed by atoms with van der Waals surface area (Å²) in [6.45, 7) is 4.87. The molecule has 0 bridgehead atoms. The number of likely N-dealkylation sites (N-methyl/N-ethyl adjacent to an activating group) is 1. The van der Waals surface area contributed by atoms with E-state index >= 15 is 0 Å². The molecule has 0 saturated heterocycles. The molecule has 2 aromatic heterocycles. The molecular formula is C21H22FN3O3. The Labute approximate surface area is 161 Å². The second-order valence-electron chi connectivity index (χ2n) is 7.70. The fourth-order valence-corrected chi connectivity index (χ4v) is 3.94. The van der Waals surface area contributed by atoms with E-state index in [2.05, 4.69) is 13.8 Å². The van der Waals surface area contributed by atoms with Crippen LogP contribution in [0.2, 0.25) is 0 Å². The van der Waals surface area contributed by atoms with Crippen molar-refractivity contribution in [2.75, 3.05) is 13.6 Å². The predicted molar refractivity (Wildman–Crippen MR) is 104 cm³/mol. The number of benzene rings is 1. The van der Waals surface area contributed by atoms with E-state index in [-0.39, 0.29) is 52.6 Å². The molecule has 1 aromatic carbocycles. The molecule has 0 radical (unpaired) electrons. The summed E-state index contributed by atoms with van der Waals surface area (Å²) in [5.74, 6) is -0.691. The maximum Gasteiger partial charge on any atom is 0.274 e. The Hall–Kier alpha value is -3.09. The first-order valence-electron chi connectivity index (χ1n) is 9.25. The van der Waals surface area contributed by atoms with Gasteiger partial charge in [0.15, 0.2) is 11.4 Å². The standard InChI is InChI=1S/C21H22FN3O3/c1-12(2)16-11-23(3)21(28)18-19(26)17-15(25(16)18)8-9-24(20(17)27)10-13-4-6-14(22)7-5-13/h4-9,12,16,26H,10-11H2,1-3H3/t16-/m1/s1. The van der Waals surface area contributed by atoms with Gasteiger partial charge in [0.1, 0.15) is 11.2 Å². The summed E-state index contributed by atoms with van der Waals surface area (Å²) >= 11 is 0. The minimum Gasteiger partial charge on any atom is -0.505 e. The van der Waals surface area contributed by atoms with Gasteiger partial charge >= 0.3 is 0 Å². The number of hydrogen-bond acceptors (Lipinski definition) is 3. The SMILES string of the molecule is CC(C)[C@H]1CN(C)C(=O)c2c(O)c3c(=O)n(Cc4ccc(F)cc4)ccc3n21. The number of amides is 1. The van der Waals surface area contributed by atoms with Crippen LogP contribution < -0.4 is 5.56 Å². The molecule has 0 spiro atoms. The summed E-state index contributed by atoms with van der Waals surface area (Å²) in [6, 6.07) is 7.64. The molecule has 28 heavy (non-hydrogen) atoms. The zero-order chi connectivity index (χ0) is 20.2. The van der Waals surface area contributed by atoms with Gasteiger partial charge < -0.3 is 19.1 Å². The normalized spacial score (nSPS) is 16.8. The van der Waals surface area contributed by atoms with E-state index in [4.69, 9.17) is 0 Å². The van der Waals surface area contributed by atoms with Crippen molar-refractivity contribution >= 4 is 16.8 Å². The Morgan fingerprint density at radius 3 is 2.50 bits per heavy atom. The van der Waals surface area contributed by atoms with E-state index in [1.165, 1.54) is 16.7 Å². The molecule has 3 aromatic rings. The number of nitrogens with zero attached hydrogens (tertiary/aromatic N) is 3. The number of hydrogen-bond donors (Lipinski definition) is 1. The van der Waals surface area contributed by atoms with Gasteiger partial charge in [-0.15, -0.1) is 0 Å². The molecule has 1 aliphatic rings. The topological polar surface area (TPSA) is 67.5 Å². The highest BCUT2D eigenvalue weighted by Gasteiger charge is 2.36. The van der Waals surface area contributed by atoms with Crippen molar-refractivity contribution in [3.63, 3.8) is 0 Å². The molecule has 1 atom stereocenters. The summed E-state index contributed by atoms with van der Waals surface area (Å²) in [7, 11) is 1.70. The zero-order valence-electron chi connectivity index (χ0n) is 16.0. The summed E-state index contributed by atoms with van der Waals surface area (Å²) in [5, 5.41) is 10.9. The fourth-order valence-electron chi connectivity index (χ4n) is 3.94. The highest BCUT2D eigenvalue weighted by molar-refractivity contribution is 6.04. The van der Waals surface area contributed by atoms with Crippen LogP contribution in [0, 0.1) is 11.7 Å². The Kier molecular flexibility index (Phi) is 4.25. The largest absolute Gasteiger partial charge is 0.505 e. The van der Waals surface area contributed by atoms with Crippen LogP contribution in [-0.4, -0.2) is 38.6 Å². The Bertz CT molecular complexity index is 1130. The van der Waals surface area contributed by atoms with Crippen molar-refractivity contribution in [3.05, 3.63) is 64.0 Å². The third kappa shape index (κ3) is 2.69. The number of carbonyl (C=O) groups is 1. The minimum atomic E-state index is -0.376. The molecule has 0 aliphatic carbocycles. The molecule has 146 valence electrons. The van der Waals surface area contributed by atoms with Crippen LogP contribution in [-0.2, 0) is 6.54 Å². The number of aromatic nitrogens is 2. The van der Waals surface area contributed by atoms with Gasteiger partial charge in [-0.2, -0.15) is 0 Å². The molecule has 1 amide bonds. The Morgan fingerprint density at radius 2 is 1.86 bits per heavy atom. The van der Waals surface area contributed by atoms with E-state index < -0.39 is 0 Å². The van der Waals surface area contributed by atoms with Crippen LogP contribution in [0.4, 0.5) is 4.39 Å². The fraction of sp³-hybridized carbons (Fsp3) is 0.333. The minimum absolute atomic E-state index is 0.0338. The first kappa shape index (κ1) is 18.3. The lowest BCUT2D eigenvalue weighted by Gasteiger charge is -2.35. The van der Waals surface area contributed by atoms with Gasteiger partial charge in [-0.1, -0.05) is 26.0 Å². The van der Waals surface area contributed by atoms with Crippen molar-refractivity contribution in [1.82, 2.24) is 14.0 Å². The van der Waals surface area contributed by atoms with Crippen molar-refractivity contribution < 1.29 is 14.3 Å². The number of rotatable bonds is 3. The number of fused-ring (bicyclic) bond motifs is 3. The van der Waals surface area contributed by atoms with Gasteiger partial charge in [0.05, 0.1) is 18.1 Å². The van der Waals surface area contributed by atoms with Crippen LogP contribution >= 0.6 is 0 Å². The molecule has 4 rings (SSSR count). The van der Waals surface area contributed by atoms with Crippen LogP contribution in [0.25, 0.3) is 10.9 Å². The van der Waals surface area contributed by atoms with E-state index in [1.807, 2.05) is 0 Å². The lowest BCUT2D eigenvalue weighted by atomic mass is 10.0. The van der Waals surface area contributed by atoms with Crippen molar-refractivity contribution in [2.24, 2.45) is 5.92 Å². The van der Waals surface area contributed by atoms with Crippen molar-refractivity contribution in [2.45, 2.75) is 26.4 Å². The summed E-state index contributed by atoms with van der Waals surface area (Å²) in [6.07, 6.45) is 1.65. The van der Waals surface area contributed by atoms with Gasteiger partial charge in [-0.3, -0.25) is 9.59 Å². The van der Waals surface area contributed by atoms with E-state index in [1.54, 1.807) is 40.9 Å². The van der Waals surface area contributed by atoms with Gasteiger partial charge in [-0.25, -0.2) is 4.39 Å². The van der Waals surface area contributed by atoms with Crippen LogP contribution in [0.5, 0.6) is 5.75 Å². The molecule has 1 aliphatic heterocycles. The smallest absolute Gasteiger partial charge is 0.274 e. The lowest BCUT2D eigenvalue weighted by Crippen LogP contribution is -2.42. The monoisotopic (exact) mass is 383 g/mol. The van der Waals surface area contributed by atoms with Gasteiger partial charge in [-0.05, 0) is 29.7 Å². The number of halogens is 1. The maximum atomic E-state index is 13.1. The number of pyridine rings is 1. The highest BCUT2D eigenvalue weighted by atomic mass is 19.1. The van der Waals surface area contributed by atoms with Crippen molar-refractivity contribution in [3.8, 4) is 5.75 Å². The Morgan fingerprint density at radius 1 is 1.18 bits per heavy atom. The molecular weight excluding hydrogens is 361 g/mol. The first-order chi connectivity index (χ1) is 13.3. The van der Waals surface area contributed by atoms with Gasteiger partial charge in [0, 0.05) is 19.8 Å². The second kappa shape index (κ2) is 6.51. The van der Waals surface area contributed by atoms with E-state index in [0.717, 1.165) is 5.56 Å². The molecule has 0 unspecified atom stereocenters. The van der Waals surface area contributed by atoms with Crippen molar-refractivity contribution in [1.29, 1.82) is 0 Å². The predicted octanol–water partition coefficient (Wildman–Crippen LogP) is 2.98. The maximum absolute atomic E-state index is 13.1. The average molecular weight is 383 g/mol. The average Bonchev–Trinajstić information content (AvgIpc) is 2.95. The summed E-state index contributed by atoms with van der Waals surface area (Å²) < 4.78 is 16.4. The molecule has 0 fully saturated rings. The molecule has 1 N–H and O–H groups in total. The number of aromatic hydroxyl groups is 1. The first-order valence-corrected chi connectivity index (χ1v) is 9.25. The van der Waals surface area contributed by atoms with Crippen LogP contribution in [0.1, 0.15) is 35.9 Å². The van der Waals surface area contributed by atoms with E-state index in [9.17, 15) is 19.1 Å².